The van der Waals surface area contributed by atoms with E-state index >= 15 is 0 Å². The Labute approximate surface area is 172 Å². The lowest BCUT2D eigenvalue weighted by atomic mass is 10.0. The van der Waals surface area contributed by atoms with Gasteiger partial charge in [-0.2, -0.15) is 0 Å². The first-order valence-corrected chi connectivity index (χ1v) is 10.3. The first-order valence-electron chi connectivity index (χ1n) is 9.92. The summed E-state index contributed by atoms with van der Waals surface area (Å²) in [7, 11) is 0. The van der Waals surface area contributed by atoms with Crippen LogP contribution < -0.4 is 5.32 Å². The standard InChI is InChI=1S/C23H39NO2S/c1-18(2)10-7-11-19(3)12-8-13-20(4)14-9-15-21(5)16-17-26-23(27)24-22(6)25/h10,12,14,16,22,25H,7-9,11,13,15,17H2,1-6H3,(H,24,27). The molecule has 0 aliphatic carbocycles. The quantitative estimate of drug-likeness (QED) is 0.230. The van der Waals surface area contributed by atoms with Crippen molar-refractivity contribution in [2.45, 2.75) is 86.3 Å². The minimum absolute atomic E-state index is 0.231. The molecule has 0 rings (SSSR count). The second-order valence-corrected chi connectivity index (χ2v) is 7.84. The Morgan fingerprint density at radius 3 is 1.74 bits per heavy atom. The number of thiocarbonyl (C=S) groups is 1. The van der Waals surface area contributed by atoms with Crippen LogP contribution in [0, 0.1) is 0 Å². The van der Waals surface area contributed by atoms with E-state index in [4.69, 9.17) is 22.1 Å². The van der Waals surface area contributed by atoms with Crippen LogP contribution in [0.3, 0.4) is 0 Å². The predicted molar refractivity (Wildman–Crippen MR) is 122 cm³/mol. The number of aliphatic hydroxyl groups is 1. The van der Waals surface area contributed by atoms with Crippen molar-refractivity contribution in [2.75, 3.05) is 6.61 Å². The number of nitrogens with one attached hydrogen (secondary N) is 1. The van der Waals surface area contributed by atoms with Gasteiger partial charge in [-0.05, 0) is 98.4 Å². The number of allylic oxidation sites excluding steroid dienone is 7. The van der Waals surface area contributed by atoms with Gasteiger partial charge in [0, 0.05) is 0 Å². The lowest BCUT2D eigenvalue weighted by Gasteiger charge is -2.10. The minimum atomic E-state index is -0.688. The average molecular weight is 394 g/mol. The highest BCUT2D eigenvalue weighted by Gasteiger charge is 1.99. The Morgan fingerprint density at radius 2 is 1.30 bits per heavy atom. The lowest BCUT2D eigenvalue weighted by Crippen LogP contribution is -2.32. The second kappa shape index (κ2) is 15.6. The molecule has 0 bridgehead atoms. The van der Waals surface area contributed by atoms with Crippen molar-refractivity contribution in [1.29, 1.82) is 0 Å². The monoisotopic (exact) mass is 393 g/mol. The van der Waals surface area contributed by atoms with Crippen LogP contribution in [0.15, 0.2) is 46.6 Å². The molecule has 0 spiro atoms. The fourth-order valence-electron chi connectivity index (χ4n) is 2.46. The molecule has 0 saturated carbocycles. The molecule has 0 aromatic rings. The van der Waals surface area contributed by atoms with E-state index in [9.17, 15) is 0 Å². The Kier molecular flexibility index (Phi) is 14.8. The van der Waals surface area contributed by atoms with Gasteiger partial charge in [-0.3, -0.25) is 0 Å². The zero-order valence-electron chi connectivity index (χ0n) is 18.1. The van der Waals surface area contributed by atoms with Crippen LogP contribution in [-0.4, -0.2) is 23.1 Å². The molecular weight excluding hydrogens is 354 g/mol. The molecule has 1 atom stereocenters. The Bertz CT molecular complexity index is 553. The summed E-state index contributed by atoms with van der Waals surface area (Å²) in [5.41, 5.74) is 5.63. The largest absolute Gasteiger partial charge is 0.467 e. The van der Waals surface area contributed by atoms with Gasteiger partial charge in [-0.15, -0.1) is 0 Å². The molecule has 154 valence electrons. The molecule has 0 amide bonds. The van der Waals surface area contributed by atoms with Crippen molar-refractivity contribution in [2.24, 2.45) is 0 Å². The summed E-state index contributed by atoms with van der Waals surface area (Å²) < 4.78 is 5.33. The summed E-state index contributed by atoms with van der Waals surface area (Å²) in [4.78, 5) is 0. The summed E-state index contributed by atoms with van der Waals surface area (Å²) in [6.07, 6.45) is 15.0. The normalized spacial score (nSPS) is 14.0. The van der Waals surface area contributed by atoms with Crippen molar-refractivity contribution >= 4 is 17.4 Å². The van der Waals surface area contributed by atoms with E-state index in [2.05, 4.69) is 58.2 Å². The smallest absolute Gasteiger partial charge is 0.258 e. The molecule has 0 saturated heterocycles. The van der Waals surface area contributed by atoms with Gasteiger partial charge in [-0.1, -0.05) is 40.5 Å². The SMILES string of the molecule is CC(C)=CCCC(C)=CCCC(C)=CCCC(C)=CCOC(=S)NC(C)O. The van der Waals surface area contributed by atoms with E-state index < -0.39 is 6.23 Å². The van der Waals surface area contributed by atoms with Crippen LogP contribution in [0.2, 0.25) is 0 Å². The molecule has 4 heteroatoms. The van der Waals surface area contributed by atoms with Crippen molar-refractivity contribution in [3.05, 3.63) is 46.6 Å². The van der Waals surface area contributed by atoms with Crippen LogP contribution in [0.1, 0.15) is 80.1 Å². The van der Waals surface area contributed by atoms with Crippen molar-refractivity contribution < 1.29 is 9.84 Å². The molecular formula is C23H39NO2S. The van der Waals surface area contributed by atoms with E-state index in [1.165, 1.54) is 22.3 Å². The van der Waals surface area contributed by atoms with Crippen LogP contribution in [-0.2, 0) is 4.74 Å². The second-order valence-electron chi connectivity index (χ2n) is 7.47. The van der Waals surface area contributed by atoms with Gasteiger partial charge in [0.1, 0.15) is 12.8 Å². The fourth-order valence-corrected chi connectivity index (χ4v) is 2.70. The Morgan fingerprint density at radius 1 is 0.852 bits per heavy atom. The molecule has 0 radical (unpaired) electrons. The summed E-state index contributed by atoms with van der Waals surface area (Å²) in [5.74, 6) is 0. The van der Waals surface area contributed by atoms with E-state index in [1.807, 2.05) is 6.08 Å². The Hall–Kier alpha value is -1.39. The van der Waals surface area contributed by atoms with E-state index in [0.29, 0.717) is 6.61 Å². The maximum absolute atomic E-state index is 9.14. The molecule has 0 aromatic carbocycles. The van der Waals surface area contributed by atoms with E-state index in [0.717, 1.165) is 38.5 Å². The van der Waals surface area contributed by atoms with Crippen LogP contribution >= 0.6 is 12.2 Å². The summed E-state index contributed by atoms with van der Waals surface area (Å²) in [6.45, 7) is 12.9. The highest BCUT2D eigenvalue weighted by atomic mass is 32.1. The number of rotatable bonds is 12. The minimum Gasteiger partial charge on any atom is -0.467 e. The first kappa shape index (κ1) is 25.6. The molecule has 2 N–H and O–H groups in total. The number of aliphatic hydroxyl groups excluding tert-OH is 1. The zero-order chi connectivity index (χ0) is 20.7. The van der Waals surface area contributed by atoms with Gasteiger partial charge in [0.15, 0.2) is 0 Å². The molecule has 0 aliphatic rings. The highest BCUT2D eigenvalue weighted by molar-refractivity contribution is 7.80. The van der Waals surface area contributed by atoms with Crippen molar-refractivity contribution in [3.63, 3.8) is 0 Å². The molecule has 3 nitrogen and oxygen atoms in total. The third-order valence-corrected chi connectivity index (χ3v) is 4.36. The summed E-state index contributed by atoms with van der Waals surface area (Å²) in [5, 5.41) is 12.0. The van der Waals surface area contributed by atoms with Crippen LogP contribution in [0.5, 0.6) is 0 Å². The highest BCUT2D eigenvalue weighted by Crippen LogP contribution is 2.13. The van der Waals surface area contributed by atoms with Crippen molar-refractivity contribution in [1.82, 2.24) is 5.32 Å². The Balaban J connectivity index is 4.01. The topological polar surface area (TPSA) is 41.5 Å². The lowest BCUT2D eigenvalue weighted by molar-refractivity contribution is 0.168. The van der Waals surface area contributed by atoms with Gasteiger partial charge in [0.05, 0.1) is 0 Å². The van der Waals surface area contributed by atoms with E-state index in [1.54, 1.807) is 6.92 Å². The summed E-state index contributed by atoms with van der Waals surface area (Å²) >= 11 is 4.96. The third-order valence-electron chi connectivity index (χ3n) is 4.13. The van der Waals surface area contributed by atoms with Crippen LogP contribution in [0.4, 0.5) is 0 Å². The average Bonchev–Trinajstić information content (AvgIpc) is 2.53. The molecule has 0 aromatic heterocycles. The van der Waals surface area contributed by atoms with Crippen molar-refractivity contribution in [3.8, 4) is 0 Å². The first-order chi connectivity index (χ1) is 12.7. The maximum atomic E-state index is 9.14. The summed E-state index contributed by atoms with van der Waals surface area (Å²) in [6, 6.07) is 0. The molecule has 27 heavy (non-hydrogen) atoms. The number of ether oxygens (including phenoxy) is 1. The van der Waals surface area contributed by atoms with Crippen LogP contribution in [0.25, 0.3) is 0 Å². The fraction of sp³-hybridized carbons (Fsp3) is 0.609. The maximum Gasteiger partial charge on any atom is 0.258 e. The van der Waals surface area contributed by atoms with Gasteiger partial charge >= 0.3 is 0 Å². The van der Waals surface area contributed by atoms with Gasteiger partial charge < -0.3 is 15.2 Å². The molecule has 1 unspecified atom stereocenters. The molecule has 0 fully saturated rings. The zero-order valence-corrected chi connectivity index (χ0v) is 18.9. The van der Waals surface area contributed by atoms with E-state index in [-0.39, 0.29) is 5.17 Å². The molecule has 0 heterocycles. The predicted octanol–water partition coefficient (Wildman–Crippen LogP) is 6.36. The molecule has 0 aliphatic heterocycles. The number of hydrogen-bond donors (Lipinski definition) is 2. The third kappa shape index (κ3) is 17.8. The number of hydrogen-bond acceptors (Lipinski definition) is 3. The van der Waals surface area contributed by atoms with Gasteiger partial charge in [0.25, 0.3) is 5.17 Å². The van der Waals surface area contributed by atoms with Gasteiger partial charge in [-0.25, -0.2) is 0 Å². The van der Waals surface area contributed by atoms with Gasteiger partial charge in [0.2, 0.25) is 0 Å².